The van der Waals surface area contributed by atoms with Crippen LogP contribution in [0, 0.1) is 4.77 Å². The van der Waals surface area contributed by atoms with Crippen LogP contribution < -0.4 is 10.3 Å². The number of amides is 1. The smallest absolute Gasteiger partial charge is 0.262 e. The molecular weight excluding hydrogens is 398 g/mol. The summed E-state index contributed by atoms with van der Waals surface area (Å²) in [5, 5.41) is 1.19. The van der Waals surface area contributed by atoms with Crippen LogP contribution in [0.5, 0.6) is 5.75 Å². The summed E-state index contributed by atoms with van der Waals surface area (Å²) in [5.74, 6) is 0.605. The van der Waals surface area contributed by atoms with Gasteiger partial charge in [0.2, 0.25) is 5.91 Å². The van der Waals surface area contributed by atoms with Crippen molar-refractivity contribution in [1.82, 2.24) is 14.5 Å². The van der Waals surface area contributed by atoms with Crippen LogP contribution in [0.1, 0.15) is 6.42 Å². The molecule has 1 aromatic heterocycles. The fraction of sp³-hybridized carbons (Fsp3) is 0.250. The van der Waals surface area contributed by atoms with Crippen LogP contribution in [-0.4, -0.2) is 40.6 Å². The highest BCUT2D eigenvalue weighted by atomic mass is 35.5. The van der Waals surface area contributed by atoms with Crippen LogP contribution in [0.15, 0.2) is 53.3 Å². The predicted molar refractivity (Wildman–Crippen MR) is 113 cm³/mol. The summed E-state index contributed by atoms with van der Waals surface area (Å²) in [7, 11) is 1.71. The minimum absolute atomic E-state index is 0.0887. The molecule has 1 heterocycles. The lowest BCUT2D eigenvalue weighted by Crippen LogP contribution is -2.32. The van der Waals surface area contributed by atoms with Crippen LogP contribution in [0.2, 0.25) is 5.02 Å². The van der Waals surface area contributed by atoms with Gasteiger partial charge in [-0.3, -0.25) is 14.2 Å². The number of carbonyl (C=O) groups excluding carboxylic acids is 1. The summed E-state index contributed by atoms with van der Waals surface area (Å²) in [6.07, 6.45) is 0.174. The van der Waals surface area contributed by atoms with E-state index in [1.165, 1.54) is 4.57 Å². The minimum Gasteiger partial charge on any atom is -0.492 e. The maximum Gasteiger partial charge on any atom is 0.262 e. The molecule has 2 aromatic carbocycles. The van der Waals surface area contributed by atoms with E-state index in [9.17, 15) is 9.59 Å². The fourth-order valence-corrected chi connectivity index (χ4v) is 3.17. The zero-order valence-electron chi connectivity index (χ0n) is 15.4. The molecule has 3 rings (SSSR count). The SMILES string of the molecule is CN(CCOc1ccc(Cl)cc1)C(=O)CCn1c(=S)[nH]c2ccccc2c1=O. The lowest BCUT2D eigenvalue weighted by atomic mass is 10.2. The number of ether oxygens (including phenoxy) is 1. The predicted octanol–water partition coefficient (Wildman–Crippen LogP) is 3.64. The standard InChI is InChI=1S/C20H20ClN3O3S/c1-23(12-13-27-15-8-6-14(21)7-9-15)18(25)10-11-24-19(26)16-4-2-3-5-17(16)22-20(24)28/h2-9H,10-13H2,1H3,(H,22,28). The molecule has 0 unspecified atom stereocenters. The van der Waals surface area contributed by atoms with E-state index in [1.807, 2.05) is 6.07 Å². The van der Waals surface area contributed by atoms with E-state index in [2.05, 4.69) is 4.98 Å². The Bertz CT molecular complexity index is 1090. The molecule has 0 bridgehead atoms. The topological polar surface area (TPSA) is 67.3 Å². The highest BCUT2D eigenvalue weighted by Crippen LogP contribution is 2.15. The normalized spacial score (nSPS) is 10.8. The van der Waals surface area contributed by atoms with Gasteiger partial charge in [-0.15, -0.1) is 0 Å². The van der Waals surface area contributed by atoms with Crippen LogP contribution >= 0.6 is 23.8 Å². The highest BCUT2D eigenvalue weighted by Gasteiger charge is 2.11. The third-order valence-corrected chi connectivity index (χ3v) is 4.95. The molecular formula is C20H20ClN3O3S. The van der Waals surface area contributed by atoms with Crippen molar-refractivity contribution < 1.29 is 9.53 Å². The molecule has 146 valence electrons. The third kappa shape index (κ3) is 4.79. The molecule has 1 amide bonds. The number of benzene rings is 2. The third-order valence-electron chi connectivity index (χ3n) is 4.37. The summed E-state index contributed by atoms with van der Waals surface area (Å²) < 4.78 is 7.34. The second-order valence-corrected chi connectivity index (χ2v) is 7.12. The van der Waals surface area contributed by atoms with Crippen molar-refractivity contribution in [3.8, 4) is 5.75 Å². The molecule has 0 saturated carbocycles. The Morgan fingerprint density at radius 3 is 2.68 bits per heavy atom. The number of likely N-dealkylation sites (N-methyl/N-ethyl adjacent to an activating group) is 1. The molecule has 1 N–H and O–H groups in total. The number of aromatic amines is 1. The maximum absolute atomic E-state index is 12.6. The molecule has 0 aliphatic heterocycles. The van der Waals surface area contributed by atoms with Gasteiger partial charge in [0.25, 0.3) is 5.56 Å². The van der Waals surface area contributed by atoms with E-state index in [1.54, 1.807) is 54.4 Å². The molecule has 0 aliphatic rings. The molecule has 0 spiro atoms. The summed E-state index contributed by atoms with van der Waals surface area (Å²) in [5.41, 5.74) is 0.498. The number of fused-ring (bicyclic) bond motifs is 1. The van der Waals surface area contributed by atoms with Crippen molar-refractivity contribution in [2.75, 3.05) is 20.2 Å². The van der Waals surface area contributed by atoms with Crippen LogP contribution in [0.4, 0.5) is 0 Å². The van der Waals surface area contributed by atoms with Crippen molar-refractivity contribution in [3.63, 3.8) is 0 Å². The molecule has 8 heteroatoms. The molecule has 0 atom stereocenters. The van der Waals surface area contributed by atoms with Gasteiger partial charge in [-0.25, -0.2) is 0 Å². The van der Waals surface area contributed by atoms with Gasteiger partial charge in [-0.2, -0.15) is 0 Å². The number of halogens is 1. The van der Waals surface area contributed by atoms with Gasteiger partial charge >= 0.3 is 0 Å². The van der Waals surface area contributed by atoms with Crippen molar-refractivity contribution >= 4 is 40.6 Å². The Labute approximate surface area is 172 Å². The van der Waals surface area contributed by atoms with E-state index < -0.39 is 0 Å². The Hall–Kier alpha value is -2.64. The largest absolute Gasteiger partial charge is 0.492 e. The summed E-state index contributed by atoms with van der Waals surface area (Å²) >= 11 is 11.1. The lowest BCUT2D eigenvalue weighted by molar-refractivity contribution is -0.130. The van der Waals surface area contributed by atoms with Gasteiger partial charge in [0.1, 0.15) is 12.4 Å². The van der Waals surface area contributed by atoms with E-state index in [0.29, 0.717) is 39.6 Å². The summed E-state index contributed by atoms with van der Waals surface area (Å²) in [4.78, 5) is 29.6. The Morgan fingerprint density at radius 1 is 1.21 bits per heavy atom. The van der Waals surface area contributed by atoms with Gasteiger partial charge < -0.3 is 14.6 Å². The van der Waals surface area contributed by atoms with Crippen molar-refractivity contribution in [2.45, 2.75) is 13.0 Å². The minimum atomic E-state index is -0.194. The van der Waals surface area contributed by atoms with Gasteiger partial charge in [-0.1, -0.05) is 23.7 Å². The van der Waals surface area contributed by atoms with Crippen LogP contribution in [-0.2, 0) is 11.3 Å². The van der Waals surface area contributed by atoms with Gasteiger partial charge in [0, 0.05) is 25.0 Å². The average molecular weight is 418 g/mol. The Balaban J connectivity index is 1.56. The molecule has 3 aromatic rings. The van der Waals surface area contributed by atoms with Gasteiger partial charge in [0.15, 0.2) is 4.77 Å². The Morgan fingerprint density at radius 2 is 1.93 bits per heavy atom. The first kappa shape index (κ1) is 20.1. The van der Waals surface area contributed by atoms with Crippen molar-refractivity contribution in [1.29, 1.82) is 0 Å². The van der Waals surface area contributed by atoms with Crippen LogP contribution in [0.25, 0.3) is 10.9 Å². The van der Waals surface area contributed by atoms with Gasteiger partial charge in [-0.05, 0) is 48.6 Å². The number of nitrogens with zero attached hydrogens (tertiary/aromatic N) is 2. The van der Waals surface area contributed by atoms with Gasteiger partial charge in [0.05, 0.1) is 17.4 Å². The lowest BCUT2D eigenvalue weighted by Gasteiger charge is -2.18. The van der Waals surface area contributed by atoms with E-state index in [-0.39, 0.29) is 24.4 Å². The first-order valence-electron chi connectivity index (χ1n) is 8.80. The molecule has 0 fully saturated rings. The second-order valence-electron chi connectivity index (χ2n) is 6.30. The average Bonchev–Trinajstić information content (AvgIpc) is 2.69. The number of hydrogen-bond donors (Lipinski definition) is 1. The number of H-pyrrole nitrogens is 1. The summed E-state index contributed by atoms with van der Waals surface area (Å²) in [6.45, 7) is 1.01. The quantitative estimate of drug-likeness (QED) is 0.596. The molecule has 0 saturated heterocycles. The van der Waals surface area contributed by atoms with Crippen LogP contribution in [0.3, 0.4) is 0 Å². The highest BCUT2D eigenvalue weighted by molar-refractivity contribution is 7.71. The molecule has 0 radical (unpaired) electrons. The van der Waals surface area contributed by atoms with E-state index >= 15 is 0 Å². The monoisotopic (exact) mass is 417 g/mol. The van der Waals surface area contributed by atoms with E-state index in [4.69, 9.17) is 28.6 Å². The Kier molecular flexibility index (Phi) is 6.49. The number of carbonyl (C=O) groups is 1. The van der Waals surface area contributed by atoms with Crippen molar-refractivity contribution in [3.05, 3.63) is 68.7 Å². The number of para-hydroxylation sites is 1. The molecule has 28 heavy (non-hydrogen) atoms. The number of hydrogen-bond acceptors (Lipinski definition) is 4. The summed E-state index contributed by atoms with van der Waals surface area (Å²) in [6, 6.07) is 14.2. The van der Waals surface area contributed by atoms with Crippen molar-refractivity contribution in [2.24, 2.45) is 0 Å². The molecule has 0 aliphatic carbocycles. The first-order chi connectivity index (χ1) is 13.5. The zero-order chi connectivity index (χ0) is 20.1. The van der Waals surface area contributed by atoms with E-state index in [0.717, 1.165) is 0 Å². The molecule has 6 nitrogen and oxygen atoms in total. The second kappa shape index (κ2) is 9.03. The number of aromatic nitrogens is 2. The first-order valence-corrected chi connectivity index (χ1v) is 9.58. The number of nitrogens with one attached hydrogen (secondary N) is 1. The fourth-order valence-electron chi connectivity index (χ4n) is 2.76. The zero-order valence-corrected chi connectivity index (χ0v) is 16.9. The number of rotatable bonds is 7. The maximum atomic E-state index is 12.6.